The number of carbonyl (C=O) groups excluding carboxylic acids is 1. The highest BCUT2D eigenvalue weighted by Gasteiger charge is 2.30. The average molecular weight is 398 g/mol. The second kappa shape index (κ2) is 6.70. The van der Waals surface area contributed by atoms with E-state index in [9.17, 15) is 9.00 Å². The quantitative estimate of drug-likeness (QED) is 0.485. The van der Waals surface area contributed by atoms with Gasteiger partial charge < -0.3 is 4.74 Å². The van der Waals surface area contributed by atoms with Crippen LogP contribution >= 0.6 is 0 Å². The molecular formula is C20H22N4O3S. The highest BCUT2D eigenvalue weighted by molar-refractivity contribution is 8.01. The SMILES string of the molecule is C=S1(=O)CC(Oc2ncc(-c3ccc4c(c3)c(C(C)=O)nn4C(C)C)cn2)C1. The Kier molecular flexibility index (Phi) is 4.45. The largest absolute Gasteiger partial charge is 0.458 e. The molecule has 8 heteroatoms. The fourth-order valence-electron chi connectivity index (χ4n) is 3.35. The maximum absolute atomic E-state index is 12.0. The van der Waals surface area contributed by atoms with E-state index in [4.69, 9.17) is 4.74 Å². The number of ketones is 1. The Morgan fingerprint density at radius 1 is 1.25 bits per heavy atom. The lowest BCUT2D eigenvalue weighted by molar-refractivity contribution is 0.101. The molecule has 0 unspecified atom stereocenters. The van der Waals surface area contributed by atoms with Crippen molar-refractivity contribution in [2.75, 3.05) is 11.5 Å². The third kappa shape index (κ3) is 3.40. The molecule has 0 saturated carbocycles. The molecule has 0 atom stereocenters. The van der Waals surface area contributed by atoms with Crippen LogP contribution in [0.15, 0.2) is 30.6 Å². The Labute approximate surface area is 163 Å². The van der Waals surface area contributed by atoms with Crippen LogP contribution in [-0.4, -0.2) is 53.2 Å². The molecule has 4 rings (SSSR count). The second-order valence-electron chi connectivity index (χ2n) is 7.47. The lowest BCUT2D eigenvalue weighted by Gasteiger charge is -2.29. The van der Waals surface area contributed by atoms with Gasteiger partial charge in [-0.05, 0) is 46.9 Å². The van der Waals surface area contributed by atoms with Crippen LogP contribution in [0.1, 0.15) is 37.3 Å². The van der Waals surface area contributed by atoms with Gasteiger partial charge in [-0.2, -0.15) is 5.10 Å². The van der Waals surface area contributed by atoms with Crippen LogP contribution < -0.4 is 4.74 Å². The van der Waals surface area contributed by atoms with Crippen molar-refractivity contribution in [3.8, 4) is 17.1 Å². The molecule has 1 fully saturated rings. The first kappa shape index (κ1) is 18.6. The molecule has 1 aliphatic heterocycles. The van der Waals surface area contributed by atoms with Crippen LogP contribution in [0.25, 0.3) is 22.0 Å². The number of ether oxygens (including phenoxy) is 1. The summed E-state index contributed by atoms with van der Waals surface area (Å²) in [5.74, 6) is 4.48. The van der Waals surface area contributed by atoms with Crippen LogP contribution in [0, 0.1) is 0 Å². The molecule has 146 valence electrons. The zero-order chi connectivity index (χ0) is 20.1. The van der Waals surface area contributed by atoms with Gasteiger partial charge in [-0.3, -0.25) is 13.7 Å². The van der Waals surface area contributed by atoms with Crippen LogP contribution in [0.3, 0.4) is 0 Å². The summed E-state index contributed by atoms with van der Waals surface area (Å²) in [5, 5.41) is 5.30. The Morgan fingerprint density at radius 3 is 2.50 bits per heavy atom. The molecule has 0 bridgehead atoms. The fraction of sp³-hybridized carbons (Fsp3) is 0.350. The molecule has 28 heavy (non-hydrogen) atoms. The molecule has 3 aromatic rings. The summed E-state index contributed by atoms with van der Waals surface area (Å²) < 4.78 is 19.1. The molecule has 2 aromatic heterocycles. The Hall–Kier alpha value is -2.74. The molecule has 0 aliphatic carbocycles. The maximum Gasteiger partial charge on any atom is 0.316 e. The number of rotatable bonds is 5. The topological polar surface area (TPSA) is 87.0 Å². The third-order valence-electron chi connectivity index (χ3n) is 4.74. The van der Waals surface area contributed by atoms with Gasteiger partial charge in [-0.25, -0.2) is 9.97 Å². The minimum atomic E-state index is -1.95. The summed E-state index contributed by atoms with van der Waals surface area (Å²) in [6.07, 6.45) is 3.24. The van der Waals surface area contributed by atoms with Gasteiger partial charge in [0.1, 0.15) is 11.8 Å². The Bertz CT molecular complexity index is 1150. The summed E-state index contributed by atoms with van der Waals surface area (Å²) in [4.78, 5) is 20.6. The first-order valence-electron chi connectivity index (χ1n) is 9.08. The van der Waals surface area contributed by atoms with Gasteiger partial charge >= 0.3 is 6.01 Å². The Morgan fingerprint density at radius 2 is 1.93 bits per heavy atom. The second-order valence-corrected chi connectivity index (χ2v) is 10.1. The number of benzene rings is 1. The van der Waals surface area contributed by atoms with E-state index >= 15 is 0 Å². The summed E-state index contributed by atoms with van der Waals surface area (Å²) in [5.41, 5.74) is 3.10. The van der Waals surface area contributed by atoms with Gasteiger partial charge in [0.05, 0.1) is 17.0 Å². The van der Waals surface area contributed by atoms with Crippen molar-refractivity contribution < 1.29 is 13.7 Å². The van der Waals surface area contributed by atoms with Gasteiger partial charge in [-0.15, -0.1) is 0 Å². The summed E-state index contributed by atoms with van der Waals surface area (Å²) in [7, 11) is -1.95. The molecule has 1 aromatic carbocycles. The number of carbonyl (C=O) groups is 1. The molecule has 0 radical (unpaired) electrons. The van der Waals surface area contributed by atoms with E-state index in [-0.39, 0.29) is 23.9 Å². The van der Waals surface area contributed by atoms with Gasteiger partial charge in [0.2, 0.25) is 0 Å². The van der Waals surface area contributed by atoms with Crippen molar-refractivity contribution in [3.05, 3.63) is 36.3 Å². The zero-order valence-corrected chi connectivity index (χ0v) is 16.9. The first-order chi connectivity index (χ1) is 13.2. The van der Waals surface area contributed by atoms with E-state index in [1.165, 1.54) is 6.92 Å². The third-order valence-corrected chi connectivity index (χ3v) is 6.70. The normalized spacial score (nSPS) is 21.6. The monoisotopic (exact) mass is 398 g/mol. The van der Waals surface area contributed by atoms with E-state index in [0.717, 1.165) is 22.0 Å². The molecule has 0 spiro atoms. The van der Waals surface area contributed by atoms with Gasteiger partial charge in [0.15, 0.2) is 5.78 Å². The molecule has 1 saturated heterocycles. The predicted octanol–water partition coefficient (Wildman–Crippen LogP) is 2.75. The summed E-state index contributed by atoms with van der Waals surface area (Å²) >= 11 is 0. The van der Waals surface area contributed by atoms with E-state index in [1.54, 1.807) is 12.4 Å². The number of fused-ring (bicyclic) bond motifs is 1. The molecule has 0 N–H and O–H groups in total. The lowest BCUT2D eigenvalue weighted by Crippen LogP contribution is -2.45. The number of hydrogen-bond donors (Lipinski definition) is 0. The minimum Gasteiger partial charge on any atom is -0.458 e. The van der Waals surface area contributed by atoms with E-state index < -0.39 is 9.52 Å². The number of hydrogen-bond acceptors (Lipinski definition) is 6. The molecule has 3 heterocycles. The van der Waals surface area contributed by atoms with Crippen LogP contribution in [0.2, 0.25) is 0 Å². The molecule has 7 nitrogen and oxygen atoms in total. The summed E-state index contributed by atoms with van der Waals surface area (Å²) in [6.45, 7) is 5.59. The van der Waals surface area contributed by atoms with Crippen molar-refractivity contribution in [1.29, 1.82) is 0 Å². The van der Waals surface area contributed by atoms with Crippen molar-refractivity contribution >= 4 is 32.1 Å². The van der Waals surface area contributed by atoms with Crippen LogP contribution in [0.5, 0.6) is 6.01 Å². The molecule has 0 amide bonds. The van der Waals surface area contributed by atoms with Gasteiger partial charge in [0, 0.05) is 36.3 Å². The number of nitrogens with zero attached hydrogens (tertiary/aromatic N) is 4. The highest BCUT2D eigenvalue weighted by atomic mass is 32.2. The maximum atomic E-state index is 12.0. The first-order valence-corrected chi connectivity index (χ1v) is 11.1. The van der Waals surface area contributed by atoms with E-state index in [2.05, 4.69) is 20.9 Å². The highest BCUT2D eigenvalue weighted by Crippen LogP contribution is 2.28. The van der Waals surface area contributed by atoms with Crippen molar-refractivity contribution in [2.24, 2.45) is 0 Å². The van der Waals surface area contributed by atoms with Crippen LogP contribution in [-0.2, 0) is 9.52 Å². The summed E-state index contributed by atoms with van der Waals surface area (Å²) in [6, 6.07) is 6.30. The lowest BCUT2D eigenvalue weighted by atomic mass is 10.0. The smallest absolute Gasteiger partial charge is 0.316 e. The fourth-order valence-corrected chi connectivity index (χ4v) is 4.74. The molecular weight excluding hydrogens is 376 g/mol. The van der Waals surface area contributed by atoms with Crippen molar-refractivity contribution in [3.63, 3.8) is 0 Å². The number of aromatic nitrogens is 4. The Balaban J connectivity index is 1.63. The van der Waals surface area contributed by atoms with Crippen LogP contribution in [0.4, 0.5) is 0 Å². The minimum absolute atomic E-state index is 0.0657. The number of Topliss-reactive ketones (excluding diaryl/α,β-unsaturated/α-hetero) is 1. The van der Waals surface area contributed by atoms with Crippen molar-refractivity contribution in [2.45, 2.75) is 32.9 Å². The van der Waals surface area contributed by atoms with Crippen molar-refractivity contribution in [1.82, 2.24) is 19.7 Å². The van der Waals surface area contributed by atoms with E-state index in [0.29, 0.717) is 17.2 Å². The molecule has 1 aliphatic rings. The standard InChI is InChI=1S/C20H22N4O3S/c1-12(2)24-18-6-5-14(7-17(18)19(23-24)13(3)25)15-8-21-20(22-9-15)27-16-10-28(4,26)11-16/h5-9,12,16H,4,10-11H2,1-3H3. The van der Waals surface area contributed by atoms with E-state index in [1.807, 2.05) is 36.7 Å². The zero-order valence-electron chi connectivity index (χ0n) is 16.1. The van der Waals surface area contributed by atoms with Gasteiger partial charge in [-0.1, -0.05) is 6.07 Å². The van der Waals surface area contributed by atoms with Gasteiger partial charge in [0.25, 0.3) is 0 Å². The average Bonchev–Trinajstić information content (AvgIpc) is 3.00. The predicted molar refractivity (Wildman–Crippen MR) is 111 cm³/mol.